The molecule has 17 heavy (non-hydrogen) atoms. The number of carbonyl (C=O) groups is 1. The first-order chi connectivity index (χ1) is 8.27. The minimum atomic E-state index is 0.139. The Hall–Kier alpha value is -1.36. The van der Waals surface area contributed by atoms with Crippen molar-refractivity contribution in [2.75, 3.05) is 13.1 Å². The van der Waals surface area contributed by atoms with E-state index in [9.17, 15) is 4.79 Å². The number of carbonyl (C=O) groups excluding carboxylic acids is 1. The van der Waals surface area contributed by atoms with E-state index in [2.05, 4.69) is 22.7 Å². The zero-order valence-electron chi connectivity index (χ0n) is 10.2. The molecule has 0 radical (unpaired) electrons. The summed E-state index contributed by atoms with van der Waals surface area (Å²) in [6, 6.07) is 2.21. The minimum Gasteiger partial charge on any atom is -0.356 e. The summed E-state index contributed by atoms with van der Waals surface area (Å²) in [7, 11) is 0. The lowest BCUT2D eigenvalue weighted by atomic mass is 10.0. The molecule has 1 aliphatic heterocycles. The zero-order valence-corrected chi connectivity index (χ0v) is 10.2. The highest BCUT2D eigenvalue weighted by Crippen LogP contribution is 2.14. The molecule has 1 aliphatic rings. The van der Waals surface area contributed by atoms with Crippen LogP contribution in [-0.4, -0.2) is 34.8 Å². The summed E-state index contributed by atoms with van der Waals surface area (Å²) >= 11 is 0. The second-order valence-electron chi connectivity index (χ2n) is 4.55. The molecule has 5 heteroatoms. The third-order valence-corrected chi connectivity index (χ3v) is 3.28. The van der Waals surface area contributed by atoms with Crippen LogP contribution in [0.5, 0.6) is 0 Å². The van der Waals surface area contributed by atoms with Gasteiger partial charge in [0.1, 0.15) is 0 Å². The van der Waals surface area contributed by atoms with E-state index >= 15 is 0 Å². The summed E-state index contributed by atoms with van der Waals surface area (Å²) in [5, 5.41) is 10.4. The van der Waals surface area contributed by atoms with Crippen LogP contribution in [0.25, 0.3) is 0 Å². The molecule has 0 aromatic carbocycles. The Balaban J connectivity index is 1.63. The average molecular weight is 236 g/mol. The second-order valence-corrected chi connectivity index (χ2v) is 4.55. The maximum absolute atomic E-state index is 11.8. The smallest absolute Gasteiger partial charge is 0.224 e. The number of nitrogens with zero attached hydrogens (tertiary/aromatic N) is 2. The van der Waals surface area contributed by atoms with Crippen LogP contribution in [-0.2, 0) is 11.3 Å². The highest BCUT2D eigenvalue weighted by atomic mass is 16.1. The van der Waals surface area contributed by atoms with Crippen molar-refractivity contribution < 1.29 is 4.79 Å². The molecular formula is C12H20N4O. The molecule has 2 unspecified atom stereocenters. The van der Waals surface area contributed by atoms with Gasteiger partial charge in [0.2, 0.25) is 5.91 Å². The van der Waals surface area contributed by atoms with Crippen molar-refractivity contribution in [2.45, 2.75) is 32.4 Å². The van der Waals surface area contributed by atoms with Gasteiger partial charge in [0.25, 0.3) is 0 Å². The van der Waals surface area contributed by atoms with Gasteiger partial charge >= 0.3 is 0 Å². The first-order valence-electron chi connectivity index (χ1n) is 6.26. The lowest BCUT2D eigenvalue weighted by molar-refractivity contribution is -0.125. The molecule has 0 aliphatic carbocycles. The van der Waals surface area contributed by atoms with Gasteiger partial charge in [-0.2, -0.15) is 5.10 Å². The van der Waals surface area contributed by atoms with Gasteiger partial charge in [-0.1, -0.05) is 0 Å². The Morgan fingerprint density at radius 3 is 3.18 bits per heavy atom. The van der Waals surface area contributed by atoms with Gasteiger partial charge in [0, 0.05) is 31.5 Å². The fraction of sp³-hybridized carbons (Fsp3) is 0.667. The summed E-state index contributed by atoms with van der Waals surface area (Å²) in [5.74, 6) is 0.322. The van der Waals surface area contributed by atoms with Crippen LogP contribution in [0.3, 0.4) is 0 Å². The summed E-state index contributed by atoms with van der Waals surface area (Å²) in [6.07, 6.45) is 5.57. The molecule has 2 N–H and O–H groups in total. The van der Waals surface area contributed by atoms with Gasteiger partial charge in [-0.15, -0.1) is 0 Å². The SMILES string of the molecule is CC1NCCC1C(=O)NCCCn1cccn1. The van der Waals surface area contributed by atoms with Crippen LogP contribution >= 0.6 is 0 Å². The van der Waals surface area contributed by atoms with Gasteiger partial charge in [0.15, 0.2) is 0 Å². The van der Waals surface area contributed by atoms with Gasteiger partial charge in [-0.05, 0) is 32.4 Å². The monoisotopic (exact) mass is 236 g/mol. The Morgan fingerprint density at radius 1 is 1.65 bits per heavy atom. The van der Waals surface area contributed by atoms with Gasteiger partial charge < -0.3 is 10.6 Å². The van der Waals surface area contributed by atoms with E-state index < -0.39 is 0 Å². The highest BCUT2D eigenvalue weighted by molar-refractivity contribution is 5.79. The van der Waals surface area contributed by atoms with E-state index in [1.165, 1.54) is 0 Å². The van der Waals surface area contributed by atoms with Crippen molar-refractivity contribution in [1.29, 1.82) is 0 Å². The van der Waals surface area contributed by atoms with Crippen molar-refractivity contribution >= 4 is 5.91 Å². The quantitative estimate of drug-likeness (QED) is 0.727. The van der Waals surface area contributed by atoms with Gasteiger partial charge in [-0.3, -0.25) is 9.48 Å². The van der Waals surface area contributed by atoms with Gasteiger partial charge in [0.05, 0.1) is 5.92 Å². The molecule has 0 saturated carbocycles. The van der Waals surface area contributed by atoms with E-state index in [1.807, 2.05) is 16.9 Å². The summed E-state index contributed by atoms with van der Waals surface area (Å²) in [5.41, 5.74) is 0. The van der Waals surface area contributed by atoms with E-state index in [0.29, 0.717) is 6.04 Å². The molecule has 2 heterocycles. The number of hydrogen-bond acceptors (Lipinski definition) is 3. The molecule has 0 bridgehead atoms. The van der Waals surface area contributed by atoms with Crippen LogP contribution in [0, 0.1) is 5.92 Å². The molecule has 1 aromatic heterocycles. The molecule has 94 valence electrons. The fourth-order valence-corrected chi connectivity index (χ4v) is 2.23. The predicted octanol–water partition coefficient (Wildman–Crippen LogP) is 0.387. The van der Waals surface area contributed by atoms with Crippen molar-refractivity contribution in [1.82, 2.24) is 20.4 Å². The molecule has 1 fully saturated rings. The first kappa shape index (κ1) is 12.1. The lowest BCUT2D eigenvalue weighted by Gasteiger charge is -2.14. The molecule has 2 atom stereocenters. The van der Waals surface area contributed by atoms with Crippen LogP contribution in [0.1, 0.15) is 19.8 Å². The standard InChI is InChI=1S/C12H20N4O/c1-10-11(4-7-13-10)12(17)14-5-2-8-16-9-3-6-15-16/h3,6,9-11,13H,2,4-5,7-8H2,1H3,(H,14,17). The maximum atomic E-state index is 11.8. The van der Waals surface area contributed by atoms with Gasteiger partial charge in [-0.25, -0.2) is 0 Å². The number of hydrogen-bond donors (Lipinski definition) is 2. The van der Waals surface area contributed by atoms with Crippen molar-refractivity contribution in [3.8, 4) is 0 Å². The third-order valence-electron chi connectivity index (χ3n) is 3.28. The summed E-state index contributed by atoms with van der Waals surface area (Å²) < 4.78 is 1.88. The van der Waals surface area contributed by atoms with E-state index in [4.69, 9.17) is 0 Å². The van der Waals surface area contributed by atoms with Crippen LogP contribution in [0.4, 0.5) is 0 Å². The molecular weight excluding hydrogens is 216 g/mol. The van der Waals surface area contributed by atoms with Crippen LogP contribution < -0.4 is 10.6 Å². The van der Waals surface area contributed by atoms with Crippen molar-refractivity contribution in [3.05, 3.63) is 18.5 Å². The predicted molar refractivity (Wildman–Crippen MR) is 65.4 cm³/mol. The van der Waals surface area contributed by atoms with E-state index in [1.54, 1.807) is 6.20 Å². The zero-order chi connectivity index (χ0) is 12.1. The molecule has 0 spiro atoms. The highest BCUT2D eigenvalue weighted by Gasteiger charge is 2.28. The Morgan fingerprint density at radius 2 is 2.53 bits per heavy atom. The van der Waals surface area contributed by atoms with Crippen molar-refractivity contribution in [3.63, 3.8) is 0 Å². The molecule has 1 saturated heterocycles. The normalized spacial score (nSPS) is 23.8. The average Bonchev–Trinajstić information content (AvgIpc) is 2.95. The largest absolute Gasteiger partial charge is 0.356 e. The second kappa shape index (κ2) is 5.82. The first-order valence-corrected chi connectivity index (χ1v) is 6.26. The minimum absolute atomic E-state index is 0.139. The Kier molecular flexibility index (Phi) is 4.14. The number of aromatic nitrogens is 2. The maximum Gasteiger partial charge on any atom is 0.224 e. The number of amides is 1. The summed E-state index contributed by atoms with van der Waals surface area (Å²) in [6.45, 7) is 4.60. The van der Waals surface area contributed by atoms with Crippen LogP contribution in [0.2, 0.25) is 0 Å². The van der Waals surface area contributed by atoms with Crippen LogP contribution in [0.15, 0.2) is 18.5 Å². The molecule has 1 aromatic rings. The number of aryl methyl sites for hydroxylation is 1. The number of rotatable bonds is 5. The van der Waals surface area contributed by atoms with E-state index in [0.717, 1.165) is 32.5 Å². The fourth-order valence-electron chi connectivity index (χ4n) is 2.23. The van der Waals surface area contributed by atoms with Crippen molar-refractivity contribution in [2.24, 2.45) is 5.92 Å². The molecule has 2 rings (SSSR count). The van der Waals surface area contributed by atoms with E-state index in [-0.39, 0.29) is 11.8 Å². The molecule has 1 amide bonds. The Bertz CT molecular complexity index is 349. The summed E-state index contributed by atoms with van der Waals surface area (Å²) in [4.78, 5) is 11.8. The molecule has 5 nitrogen and oxygen atoms in total. The number of nitrogens with one attached hydrogen (secondary N) is 2. The topological polar surface area (TPSA) is 59.0 Å². The lowest BCUT2D eigenvalue weighted by Crippen LogP contribution is -2.37. The third kappa shape index (κ3) is 3.30. The Labute approximate surface area is 102 Å².